The van der Waals surface area contributed by atoms with Crippen molar-refractivity contribution in [2.75, 3.05) is 0 Å². The Morgan fingerprint density at radius 3 is 2.42 bits per heavy atom. The summed E-state index contributed by atoms with van der Waals surface area (Å²) in [5, 5.41) is 5.64. The second-order valence-electron chi connectivity index (χ2n) is 5.29. The van der Waals surface area contributed by atoms with Crippen LogP contribution in [0.1, 0.15) is 25.4 Å². The first-order chi connectivity index (χ1) is 8.93. The molecule has 0 aliphatic heterocycles. The summed E-state index contributed by atoms with van der Waals surface area (Å²) in [6, 6.07) is 18.0. The molecule has 90 valence electrons. The van der Waals surface area contributed by atoms with Crippen molar-refractivity contribution < 1.29 is 20.3 Å². The van der Waals surface area contributed by atoms with Crippen LogP contribution in [0.4, 0.5) is 0 Å². The fourth-order valence-corrected chi connectivity index (χ4v) is 3.34. The number of benzene rings is 3. The Kier molecular flexibility index (Phi) is 3.40. The Hall–Kier alpha value is -1.22. The third kappa shape index (κ3) is 2.00. The van der Waals surface area contributed by atoms with Gasteiger partial charge in [0, 0.05) is 0 Å². The summed E-state index contributed by atoms with van der Waals surface area (Å²) in [4.78, 5) is 0. The monoisotopic (exact) mass is 241 g/mol. The van der Waals surface area contributed by atoms with Crippen LogP contribution in [0.15, 0.2) is 48.5 Å². The van der Waals surface area contributed by atoms with Crippen LogP contribution in [0, 0.1) is 0 Å². The van der Waals surface area contributed by atoms with E-state index in [2.05, 4.69) is 48.5 Å². The summed E-state index contributed by atoms with van der Waals surface area (Å²) in [5.74, 6) is 0. The van der Waals surface area contributed by atoms with Crippen molar-refractivity contribution in [2.45, 2.75) is 25.7 Å². The Morgan fingerprint density at radius 2 is 1.47 bits per heavy atom. The van der Waals surface area contributed by atoms with Crippen LogP contribution in [0.5, 0.6) is 0 Å². The van der Waals surface area contributed by atoms with Crippen molar-refractivity contribution in [2.24, 2.45) is 0 Å². The van der Waals surface area contributed by atoms with Gasteiger partial charge in [-0.3, -0.25) is 0 Å². The number of hydrogen-bond donors (Lipinski definition) is 0. The summed E-state index contributed by atoms with van der Waals surface area (Å²) in [6.45, 7) is 0. The second kappa shape index (κ2) is 5.04. The van der Waals surface area contributed by atoms with Crippen LogP contribution in [0.3, 0.4) is 0 Å². The van der Waals surface area contributed by atoms with Crippen molar-refractivity contribution in [1.82, 2.24) is 0 Å². The average molecular weight is 241 g/mol. The molecule has 1 aliphatic rings. The van der Waals surface area contributed by atoms with Gasteiger partial charge in [-0.15, -0.1) is 0 Å². The molecule has 0 N–H and O–H groups in total. The number of hydrogen-bond acceptors (Lipinski definition) is 0. The molecule has 0 amide bonds. The zero-order chi connectivity index (χ0) is 11.9. The minimum Gasteiger partial charge on any atom is -1.00 e. The van der Waals surface area contributed by atoms with E-state index in [0.29, 0.717) is 0 Å². The first-order valence-corrected chi connectivity index (χ1v) is 6.86. The predicted octanol–water partition coefficient (Wildman–Crippen LogP) is 1.99. The Bertz CT molecular complexity index is 749. The fraction of sp³-hybridized carbons (Fsp3) is 0.222. The minimum atomic E-state index is 0. The molecule has 0 radical (unpaired) electrons. The van der Waals surface area contributed by atoms with E-state index >= 15 is 0 Å². The third-order valence-corrected chi connectivity index (χ3v) is 4.26. The Labute approximate surface area is 127 Å². The maximum Gasteiger partial charge on any atom is 1.00 e. The Balaban J connectivity index is 0.000000735. The normalized spacial score (nSPS) is 14.1. The van der Waals surface area contributed by atoms with Gasteiger partial charge in [0.1, 0.15) is 0 Å². The quantitative estimate of drug-likeness (QED) is 0.417. The largest absolute Gasteiger partial charge is 1.00 e. The summed E-state index contributed by atoms with van der Waals surface area (Å²) in [6.07, 6.45) is 5.22. The van der Waals surface area contributed by atoms with E-state index in [1.54, 1.807) is 11.1 Å². The van der Waals surface area contributed by atoms with Crippen molar-refractivity contribution in [3.05, 3.63) is 59.7 Å². The molecular formula is C18H17Li. The molecular weight excluding hydrogens is 223 g/mol. The maximum absolute atomic E-state index is 2.35. The van der Waals surface area contributed by atoms with Gasteiger partial charge in [0.2, 0.25) is 0 Å². The molecule has 0 heterocycles. The maximum atomic E-state index is 2.35. The molecule has 0 spiro atoms. The molecule has 0 fully saturated rings. The molecule has 0 unspecified atom stereocenters. The van der Waals surface area contributed by atoms with Crippen LogP contribution in [-0.4, -0.2) is 0 Å². The summed E-state index contributed by atoms with van der Waals surface area (Å²) in [7, 11) is 0. The van der Waals surface area contributed by atoms with E-state index in [1.165, 1.54) is 47.2 Å². The molecule has 0 aromatic heterocycles. The zero-order valence-corrected chi connectivity index (χ0v) is 11.4. The van der Waals surface area contributed by atoms with Gasteiger partial charge in [-0.25, -0.2) is 0 Å². The van der Waals surface area contributed by atoms with Crippen molar-refractivity contribution >= 4 is 21.5 Å². The molecule has 19 heavy (non-hydrogen) atoms. The smallest absolute Gasteiger partial charge is 1.00 e. The standard InChI is InChI=1S/C18H16.Li.H/c1-3-7-15-13(5-1)9-11-18-16-8-4-2-6-14(16)10-12-17(15)18;;/h1,3,5,7,9-12H,2,4,6,8H2;;/q;+1;-1/i;;1+1. The fourth-order valence-electron chi connectivity index (χ4n) is 3.34. The minimum absolute atomic E-state index is 0. The predicted molar refractivity (Wildman–Crippen MR) is 79.2 cm³/mol. The van der Waals surface area contributed by atoms with E-state index in [4.69, 9.17) is 0 Å². The molecule has 3 aromatic rings. The molecule has 1 heteroatoms. The van der Waals surface area contributed by atoms with Gasteiger partial charge < -0.3 is 1.43 Å². The molecule has 0 bridgehead atoms. The van der Waals surface area contributed by atoms with Gasteiger partial charge in [0.05, 0.1) is 0 Å². The molecule has 0 nitrogen and oxygen atoms in total. The topological polar surface area (TPSA) is 0 Å². The van der Waals surface area contributed by atoms with Gasteiger partial charge in [-0.1, -0.05) is 48.5 Å². The number of fused-ring (bicyclic) bond motifs is 5. The van der Waals surface area contributed by atoms with Gasteiger partial charge in [-0.05, 0) is 58.4 Å². The van der Waals surface area contributed by atoms with E-state index < -0.39 is 0 Å². The first-order valence-electron chi connectivity index (χ1n) is 6.86. The molecule has 1 aliphatic carbocycles. The average Bonchev–Trinajstić information content (AvgIpc) is 2.46. The van der Waals surface area contributed by atoms with Crippen molar-refractivity contribution in [3.63, 3.8) is 0 Å². The summed E-state index contributed by atoms with van der Waals surface area (Å²) < 4.78 is 0. The van der Waals surface area contributed by atoms with Crippen LogP contribution in [0.25, 0.3) is 21.5 Å². The van der Waals surface area contributed by atoms with Gasteiger partial charge >= 0.3 is 18.9 Å². The number of aryl methyl sites for hydroxylation is 2. The molecule has 0 saturated carbocycles. The van der Waals surface area contributed by atoms with E-state index in [9.17, 15) is 0 Å². The van der Waals surface area contributed by atoms with Crippen LogP contribution in [0.2, 0.25) is 0 Å². The van der Waals surface area contributed by atoms with Crippen molar-refractivity contribution in [3.8, 4) is 0 Å². The van der Waals surface area contributed by atoms with Crippen LogP contribution >= 0.6 is 0 Å². The Morgan fingerprint density at radius 1 is 0.684 bits per heavy atom. The number of rotatable bonds is 0. The molecule has 4 rings (SSSR count). The molecule has 3 aromatic carbocycles. The summed E-state index contributed by atoms with van der Waals surface area (Å²) in [5.41, 5.74) is 3.17. The molecule has 0 atom stereocenters. The van der Waals surface area contributed by atoms with Crippen LogP contribution in [-0.2, 0) is 12.8 Å². The SMILES string of the molecule is [2H-].[Li+].c1ccc2c(c1)ccc1c3c(ccc12)CCCC3. The van der Waals surface area contributed by atoms with Gasteiger partial charge in [-0.2, -0.15) is 0 Å². The van der Waals surface area contributed by atoms with Crippen LogP contribution < -0.4 is 18.9 Å². The van der Waals surface area contributed by atoms with E-state index in [-0.39, 0.29) is 20.3 Å². The zero-order valence-electron chi connectivity index (χ0n) is 12.4. The van der Waals surface area contributed by atoms with E-state index in [1.807, 2.05) is 0 Å². The third-order valence-electron chi connectivity index (χ3n) is 4.26. The van der Waals surface area contributed by atoms with Gasteiger partial charge in [0.25, 0.3) is 0 Å². The first kappa shape index (κ1) is 12.8. The summed E-state index contributed by atoms with van der Waals surface area (Å²) >= 11 is 0. The second-order valence-corrected chi connectivity index (χ2v) is 5.29. The van der Waals surface area contributed by atoms with Gasteiger partial charge in [0.15, 0.2) is 0 Å². The molecule has 0 saturated heterocycles. The van der Waals surface area contributed by atoms with Crippen molar-refractivity contribution in [1.29, 1.82) is 0 Å². The van der Waals surface area contributed by atoms with E-state index in [0.717, 1.165) is 0 Å².